The van der Waals surface area contributed by atoms with Crippen LogP contribution in [0.1, 0.15) is 5.56 Å². The van der Waals surface area contributed by atoms with Crippen LogP contribution in [0.2, 0.25) is 0 Å². The Labute approximate surface area is 122 Å². The SMILES string of the molecule is Cc1cccc(N2CCN(c3nncc(=O)n3N)CC2)c1. The fourth-order valence-corrected chi connectivity index (χ4v) is 2.54. The van der Waals surface area contributed by atoms with Crippen molar-refractivity contribution in [1.82, 2.24) is 14.9 Å². The molecule has 2 N–H and O–H groups in total. The molecular weight excluding hydrogens is 268 g/mol. The second kappa shape index (κ2) is 5.43. The van der Waals surface area contributed by atoms with E-state index in [0.717, 1.165) is 37.1 Å². The molecule has 0 bridgehead atoms. The third-order valence-electron chi connectivity index (χ3n) is 3.70. The smallest absolute Gasteiger partial charge is 0.292 e. The molecule has 0 amide bonds. The first-order valence-electron chi connectivity index (χ1n) is 6.91. The highest BCUT2D eigenvalue weighted by atomic mass is 16.1. The number of nitrogens with two attached hydrogens (primary N) is 1. The van der Waals surface area contributed by atoms with Crippen molar-refractivity contribution in [1.29, 1.82) is 0 Å². The van der Waals surface area contributed by atoms with Crippen molar-refractivity contribution >= 4 is 11.6 Å². The lowest BCUT2D eigenvalue weighted by molar-refractivity contribution is 0.618. The first kappa shape index (κ1) is 13.4. The standard InChI is InChI=1S/C14H18N6O/c1-11-3-2-4-12(9-11)18-5-7-19(8-6-18)14-17-16-10-13(21)20(14)15/h2-4,9-10H,5-8,15H2,1H3. The molecule has 1 saturated heterocycles. The molecule has 1 aromatic heterocycles. The number of hydrogen-bond acceptors (Lipinski definition) is 6. The van der Waals surface area contributed by atoms with Gasteiger partial charge in [0.15, 0.2) is 0 Å². The van der Waals surface area contributed by atoms with E-state index in [1.807, 2.05) is 4.90 Å². The molecule has 1 aliphatic heterocycles. The molecule has 0 spiro atoms. The van der Waals surface area contributed by atoms with Crippen molar-refractivity contribution in [2.75, 3.05) is 41.8 Å². The molecule has 1 aliphatic rings. The summed E-state index contributed by atoms with van der Waals surface area (Å²) in [6.45, 7) is 5.31. The average molecular weight is 286 g/mol. The number of nitrogens with zero attached hydrogens (tertiary/aromatic N) is 5. The molecule has 21 heavy (non-hydrogen) atoms. The maximum atomic E-state index is 11.5. The molecule has 7 nitrogen and oxygen atoms in total. The minimum absolute atomic E-state index is 0.346. The number of aromatic nitrogens is 3. The fourth-order valence-electron chi connectivity index (χ4n) is 2.54. The lowest BCUT2D eigenvalue weighted by Gasteiger charge is -2.36. The maximum Gasteiger partial charge on any atom is 0.292 e. The number of hydrogen-bond donors (Lipinski definition) is 1. The zero-order valence-corrected chi connectivity index (χ0v) is 11.9. The summed E-state index contributed by atoms with van der Waals surface area (Å²) in [5, 5.41) is 7.66. The van der Waals surface area contributed by atoms with E-state index in [-0.39, 0.29) is 5.56 Å². The van der Waals surface area contributed by atoms with Crippen molar-refractivity contribution in [3.05, 3.63) is 46.4 Å². The monoisotopic (exact) mass is 286 g/mol. The molecule has 0 atom stereocenters. The van der Waals surface area contributed by atoms with Gasteiger partial charge in [-0.05, 0) is 24.6 Å². The Morgan fingerprint density at radius 2 is 1.86 bits per heavy atom. The highest BCUT2D eigenvalue weighted by Crippen LogP contribution is 2.19. The highest BCUT2D eigenvalue weighted by Gasteiger charge is 2.20. The van der Waals surface area contributed by atoms with Crippen molar-refractivity contribution in [3.63, 3.8) is 0 Å². The molecule has 3 rings (SSSR count). The Hall–Kier alpha value is -2.57. The first-order chi connectivity index (χ1) is 10.1. The van der Waals surface area contributed by atoms with Gasteiger partial charge >= 0.3 is 0 Å². The summed E-state index contributed by atoms with van der Waals surface area (Å²) in [4.78, 5) is 15.8. The molecule has 0 aliphatic carbocycles. The van der Waals surface area contributed by atoms with E-state index >= 15 is 0 Å². The van der Waals surface area contributed by atoms with Gasteiger partial charge in [0.2, 0.25) is 5.95 Å². The first-order valence-corrected chi connectivity index (χ1v) is 6.91. The van der Waals surface area contributed by atoms with Crippen molar-refractivity contribution in [2.24, 2.45) is 0 Å². The summed E-state index contributed by atoms with van der Waals surface area (Å²) in [7, 11) is 0. The number of aryl methyl sites for hydroxylation is 1. The summed E-state index contributed by atoms with van der Waals surface area (Å²) in [5.41, 5.74) is 2.12. The van der Waals surface area contributed by atoms with Crippen molar-refractivity contribution in [3.8, 4) is 0 Å². The van der Waals surface area contributed by atoms with E-state index < -0.39 is 0 Å². The van der Waals surface area contributed by atoms with Gasteiger partial charge in [0.1, 0.15) is 6.20 Å². The van der Waals surface area contributed by atoms with Crippen molar-refractivity contribution < 1.29 is 0 Å². The largest absolute Gasteiger partial charge is 0.368 e. The summed E-state index contributed by atoms with van der Waals surface area (Å²) in [5.74, 6) is 6.15. The Morgan fingerprint density at radius 3 is 2.57 bits per heavy atom. The topological polar surface area (TPSA) is 80.3 Å². The van der Waals surface area contributed by atoms with Crippen LogP contribution in [0, 0.1) is 6.92 Å². The van der Waals surface area contributed by atoms with Crippen LogP contribution in [0.15, 0.2) is 35.3 Å². The Morgan fingerprint density at radius 1 is 1.14 bits per heavy atom. The van der Waals surface area contributed by atoms with E-state index in [4.69, 9.17) is 5.84 Å². The van der Waals surface area contributed by atoms with Crippen LogP contribution < -0.4 is 21.2 Å². The molecule has 2 aromatic rings. The third-order valence-corrected chi connectivity index (χ3v) is 3.70. The quantitative estimate of drug-likeness (QED) is 0.782. The number of piperazine rings is 1. The lowest BCUT2D eigenvalue weighted by atomic mass is 10.2. The zero-order valence-electron chi connectivity index (χ0n) is 11.9. The van der Waals surface area contributed by atoms with Gasteiger partial charge in [-0.1, -0.05) is 12.1 Å². The number of benzene rings is 1. The third kappa shape index (κ3) is 2.67. The van der Waals surface area contributed by atoms with Crippen LogP contribution in [0.4, 0.5) is 11.6 Å². The predicted molar refractivity (Wildman–Crippen MR) is 82.0 cm³/mol. The molecule has 0 unspecified atom stereocenters. The van der Waals surface area contributed by atoms with Gasteiger partial charge in [-0.15, -0.1) is 10.2 Å². The van der Waals surface area contributed by atoms with Gasteiger partial charge in [-0.25, -0.2) is 0 Å². The molecule has 1 aromatic carbocycles. The fraction of sp³-hybridized carbons (Fsp3) is 0.357. The lowest BCUT2D eigenvalue weighted by Crippen LogP contribution is -2.49. The predicted octanol–water partition coefficient (Wildman–Crippen LogP) is -0.0129. The molecule has 0 saturated carbocycles. The molecule has 1 fully saturated rings. The van der Waals surface area contributed by atoms with E-state index in [2.05, 4.69) is 46.3 Å². The average Bonchev–Trinajstić information content (AvgIpc) is 2.50. The Kier molecular flexibility index (Phi) is 3.47. The van der Waals surface area contributed by atoms with Gasteiger partial charge in [-0.3, -0.25) is 4.79 Å². The molecular formula is C14H18N6O. The molecule has 7 heteroatoms. The van der Waals surface area contributed by atoms with Crippen LogP contribution in [-0.4, -0.2) is 41.1 Å². The number of rotatable bonds is 2. The second-order valence-electron chi connectivity index (χ2n) is 5.17. The Bertz CT molecular complexity index is 690. The molecule has 110 valence electrons. The van der Waals surface area contributed by atoms with Crippen LogP contribution in [-0.2, 0) is 0 Å². The second-order valence-corrected chi connectivity index (χ2v) is 5.17. The Balaban J connectivity index is 1.73. The minimum Gasteiger partial charge on any atom is -0.368 e. The zero-order chi connectivity index (χ0) is 14.8. The van der Waals surface area contributed by atoms with Gasteiger partial charge in [0, 0.05) is 31.9 Å². The normalized spacial score (nSPS) is 15.3. The molecule has 2 heterocycles. The maximum absolute atomic E-state index is 11.5. The van der Waals surface area contributed by atoms with Gasteiger partial charge < -0.3 is 15.6 Å². The van der Waals surface area contributed by atoms with Crippen LogP contribution >= 0.6 is 0 Å². The summed E-state index contributed by atoms with van der Waals surface area (Å²) >= 11 is 0. The summed E-state index contributed by atoms with van der Waals surface area (Å²) in [6, 6.07) is 8.45. The van der Waals surface area contributed by atoms with Crippen molar-refractivity contribution in [2.45, 2.75) is 6.92 Å². The number of anilines is 2. The van der Waals surface area contributed by atoms with E-state index in [1.54, 1.807) is 0 Å². The summed E-state index contributed by atoms with van der Waals surface area (Å²) < 4.78 is 1.05. The van der Waals surface area contributed by atoms with Gasteiger partial charge in [0.05, 0.1) is 0 Å². The van der Waals surface area contributed by atoms with E-state index in [9.17, 15) is 4.79 Å². The van der Waals surface area contributed by atoms with Gasteiger partial charge in [-0.2, -0.15) is 4.68 Å². The number of nitrogen functional groups attached to an aromatic ring is 1. The van der Waals surface area contributed by atoms with E-state index in [1.165, 1.54) is 11.3 Å². The van der Waals surface area contributed by atoms with Gasteiger partial charge in [0.25, 0.3) is 5.56 Å². The highest BCUT2D eigenvalue weighted by molar-refractivity contribution is 5.50. The minimum atomic E-state index is -0.346. The van der Waals surface area contributed by atoms with Crippen LogP contribution in [0.25, 0.3) is 0 Å². The molecule has 0 radical (unpaired) electrons. The van der Waals surface area contributed by atoms with Crippen LogP contribution in [0.3, 0.4) is 0 Å². The van der Waals surface area contributed by atoms with Crippen LogP contribution in [0.5, 0.6) is 0 Å². The van der Waals surface area contributed by atoms with E-state index in [0.29, 0.717) is 5.95 Å². The summed E-state index contributed by atoms with van der Waals surface area (Å²) in [6.07, 6.45) is 1.12.